The van der Waals surface area contributed by atoms with Crippen LogP contribution in [0.5, 0.6) is 0 Å². The molecule has 4 nitrogen and oxygen atoms in total. The number of rotatable bonds is 2. The summed E-state index contributed by atoms with van der Waals surface area (Å²) in [6.07, 6.45) is 4.14. The molecule has 1 fully saturated rings. The Balaban J connectivity index is 1.90. The SMILES string of the molecule is Cc1cc(Cl)cnc1[C@@H]1CC(O)C[C@H](c2ncc(Cl)cc2C)N1. The number of hydrogen-bond acceptors (Lipinski definition) is 4. The summed E-state index contributed by atoms with van der Waals surface area (Å²) in [6, 6.07) is 3.73. The Labute approximate surface area is 145 Å². The lowest BCUT2D eigenvalue weighted by Crippen LogP contribution is -2.38. The predicted molar refractivity (Wildman–Crippen MR) is 91.8 cm³/mol. The number of aliphatic hydroxyl groups excluding tert-OH is 1. The van der Waals surface area contributed by atoms with Crippen LogP contribution in [-0.2, 0) is 0 Å². The summed E-state index contributed by atoms with van der Waals surface area (Å²) in [4.78, 5) is 8.91. The van der Waals surface area contributed by atoms with Crippen LogP contribution in [-0.4, -0.2) is 21.2 Å². The van der Waals surface area contributed by atoms with Crippen LogP contribution in [0.2, 0.25) is 10.0 Å². The molecular formula is C17H19Cl2N3O. The standard InChI is InChI=1S/C17H19Cl2N3O/c1-9-3-11(18)7-20-16(9)14-5-13(23)6-15(22-14)17-10(2)4-12(19)8-21-17/h3-4,7-8,13-15,22-23H,5-6H2,1-2H3/t13?,14-,15+. The van der Waals surface area contributed by atoms with Crippen LogP contribution >= 0.6 is 23.2 Å². The van der Waals surface area contributed by atoms with E-state index in [4.69, 9.17) is 23.2 Å². The fourth-order valence-electron chi connectivity index (χ4n) is 3.23. The number of aromatic nitrogens is 2. The maximum Gasteiger partial charge on any atom is 0.0604 e. The van der Waals surface area contributed by atoms with E-state index < -0.39 is 6.10 Å². The minimum Gasteiger partial charge on any atom is -0.393 e. The van der Waals surface area contributed by atoms with Crippen molar-refractivity contribution in [2.24, 2.45) is 0 Å². The number of aliphatic hydroxyl groups is 1. The van der Waals surface area contributed by atoms with Crippen LogP contribution in [0.1, 0.15) is 47.4 Å². The second-order valence-electron chi connectivity index (χ2n) is 6.11. The number of pyridine rings is 2. The first-order chi connectivity index (χ1) is 10.9. The van der Waals surface area contributed by atoms with Gasteiger partial charge in [0.15, 0.2) is 0 Å². The van der Waals surface area contributed by atoms with Crippen molar-refractivity contribution in [3.8, 4) is 0 Å². The van der Waals surface area contributed by atoms with Crippen LogP contribution < -0.4 is 5.32 Å². The molecule has 2 aromatic rings. The van der Waals surface area contributed by atoms with Gasteiger partial charge in [0, 0.05) is 12.4 Å². The van der Waals surface area contributed by atoms with Crippen LogP contribution in [0.4, 0.5) is 0 Å². The molecule has 0 bridgehead atoms. The van der Waals surface area contributed by atoms with Crippen LogP contribution in [0.15, 0.2) is 24.5 Å². The molecule has 0 amide bonds. The normalized spacial score (nSPS) is 24.7. The maximum atomic E-state index is 10.3. The molecule has 2 N–H and O–H groups in total. The summed E-state index contributed by atoms with van der Waals surface area (Å²) in [5, 5.41) is 15.1. The molecule has 3 heterocycles. The van der Waals surface area contributed by atoms with Gasteiger partial charge >= 0.3 is 0 Å². The van der Waals surface area contributed by atoms with Crippen LogP contribution in [0.3, 0.4) is 0 Å². The van der Waals surface area contributed by atoms with Gasteiger partial charge in [-0.15, -0.1) is 0 Å². The zero-order valence-corrected chi connectivity index (χ0v) is 14.6. The minimum absolute atomic E-state index is 0.0297. The number of nitrogens with zero attached hydrogens (tertiary/aromatic N) is 2. The smallest absolute Gasteiger partial charge is 0.0604 e. The minimum atomic E-state index is -0.403. The average Bonchev–Trinajstić information content (AvgIpc) is 2.46. The van der Waals surface area contributed by atoms with Crippen LogP contribution in [0, 0.1) is 13.8 Å². The molecule has 0 aromatic carbocycles. The maximum absolute atomic E-state index is 10.3. The monoisotopic (exact) mass is 351 g/mol. The number of halogens is 2. The van der Waals surface area contributed by atoms with Crippen molar-refractivity contribution in [3.05, 3.63) is 57.1 Å². The molecular weight excluding hydrogens is 333 g/mol. The Morgan fingerprint density at radius 2 is 1.39 bits per heavy atom. The zero-order valence-electron chi connectivity index (χ0n) is 13.1. The quantitative estimate of drug-likeness (QED) is 0.860. The van der Waals surface area contributed by atoms with E-state index in [1.54, 1.807) is 12.4 Å². The van der Waals surface area contributed by atoms with E-state index >= 15 is 0 Å². The lowest BCUT2D eigenvalue weighted by molar-refractivity contribution is 0.0910. The summed E-state index contributed by atoms with van der Waals surface area (Å²) < 4.78 is 0. The molecule has 1 saturated heterocycles. The highest BCUT2D eigenvalue weighted by Crippen LogP contribution is 2.34. The lowest BCUT2D eigenvalue weighted by Gasteiger charge is -2.34. The molecule has 0 radical (unpaired) electrons. The third-order valence-corrected chi connectivity index (χ3v) is 4.66. The molecule has 1 aliphatic rings. The zero-order chi connectivity index (χ0) is 16.6. The summed E-state index contributed by atoms with van der Waals surface area (Å²) >= 11 is 12.0. The first kappa shape index (κ1) is 16.7. The molecule has 3 rings (SSSR count). The largest absolute Gasteiger partial charge is 0.393 e. The van der Waals surface area contributed by atoms with Gasteiger partial charge in [-0.2, -0.15) is 0 Å². The molecule has 6 heteroatoms. The van der Waals surface area contributed by atoms with Gasteiger partial charge in [-0.05, 0) is 49.9 Å². The van der Waals surface area contributed by atoms with Crippen molar-refractivity contribution in [1.82, 2.24) is 15.3 Å². The van der Waals surface area contributed by atoms with E-state index in [-0.39, 0.29) is 12.1 Å². The number of hydrogen-bond donors (Lipinski definition) is 2. The van der Waals surface area contributed by atoms with Gasteiger partial charge in [0.1, 0.15) is 0 Å². The van der Waals surface area contributed by atoms with Gasteiger partial charge in [0.25, 0.3) is 0 Å². The Kier molecular flexibility index (Phi) is 4.87. The van der Waals surface area contributed by atoms with Gasteiger partial charge in [-0.1, -0.05) is 23.2 Å². The first-order valence-electron chi connectivity index (χ1n) is 7.62. The van der Waals surface area contributed by atoms with Gasteiger partial charge in [-0.3, -0.25) is 9.97 Å². The van der Waals surface area contributed by atoms with Crippen LogP contribution in [0.25, 0.3) is 0 Å². The van der Waals surface area contributed by atoms with Crippen molar-refractivity contribution in [3.63, 3.8) is 0 Å². The summed E-state index contributed by atoms with van der Waals surface area (Å²) in [6.45, 7) is 3.97. The van der Waals surface area contributed by atoms with Gasteiger partial charge in [0.05, 0.1) is 39.6 Å². The van der Waals surface area contributed by atoms with Crippen molar-refractivity contribution < 1.29 is 5.11 Å². The molecule has 1 unspecified atom stereocenters. The van der Waals surface area contributed by atoms with E-state index in [9.17, 15) is 5.11 Å². The van der Waals surface area contributed by atoms with E-state index in [0.29, 0.717) is 22.9 Å². The molecule has 3 atom stereocenters. The molecule has 0 saturated carbocycles. The Morgan fingerprint density at radius 1 is 0.957 bits per heavy atom. The van der Waals surface area contributed by atoms with E-state index in [2.05, 4.69) is 15.3 Å². The number of nitrogens with one attached hydrogen (secondary N) is 1. The van der Waals surface area contributed by atoms with Gasteiger partial charge < -0.3 is 10.4 Å². The Morgan fingerprint density at radius 3 is 1.78 bits per heavy atom. The van der Waals surface area contributed by atoms with Gasteiger partial charge in [0.2, 0.25) is 0 Å². The van der Waals surface area contributed by atoms with Crippen molar-refractivity contribution in [2.75, 3.05) is 0 Å². The lowest BCUT2D eigenvalue weighted by atomic mass is 9.89. The third-order valence-electron chi connectivity index (χ3n) is 4.25. The summed E-state index contributed by atoms with van der Waals surface area (Å²) in [5.41, 5.74) is 3.88. The second kappa shape index (κ2) is 6.73. The average molecular weight is 352 g/mol. The van der Waals surface area contributed by atoms with Crippen molar-refractivity contribution in [1.29, 1.82) is 0 Å². The Hall–Kier alpha value is -1.20. The fraction of sp³-hybridized carbons (Fsp3) is 0.412. The second-order valence-corrected chi connectivity index (χ2v) is 6.98. The molecule has 0 aliphatic carbocycles. The van der Waals surface area contributed by atoms with E-state index in [1.165, 1.54) is 0 Å². The highest BCUT2D eigenvalue weighted by Gasteiger charge is 2.31. The first-order valence-corrected chi connectivity index (χ1v) is 8.38. The summed E-state index contributed by atoms with van der Waals surface area (Å²) in [7, 11) is 0. The molecule has 1 aliphatic heterocycles. The van der Waals surface area contributed by atoms with Crippen molar-refractivity contribution in [2.45, 2.75) is 44.9 Å². The van der Waals surface area contributed by atoms with Gasteiger partial charge in [-0.25, -0.2) is 0 Å². The molecule has 2 aromatic heterocycles. The fourth-order valence-corrected chi connectivity index (χ4v) is 3.66. The molecule has 122 valence electrons. The number of piperidine rings is 1. The van der Waals surface area contributed by atoms with Crippen molar-refractivity contribution >= 4 is 23.2 Å². The highest BCUT2D eigenvalue weighted by molar-refractivity contribution is 6.30. The molecule has 0 spiro atoms. The highest BCUT2D eigenvalue weighted by atomic mass is 35.5. The van der Waals surface area contributed by atoms with E-state index in [0.717, 1.165) is 22.5 Å². The number of aryl methyl sites for hydroxylation is 2. The summed E-state index contributed by atoms with van der Waals surface area (Å²) in [5.74, 6) is 0. The van der Waals surface area contributed by atoms with E-state index in [1.807, 2.05) is 26.0 Å². The Bertz CT molecular complexity index is 663. The molecule has 23 heavy (non-hydrogen) atoms. The third kappa shape index (κ3) is 3.66. The predicted octanol–water partition coefficient (Wildman–Crippen LogP) is 3.93. The topological polar surface area (TPSA) is 58.0 Å².